The molecule has 0 aromatic heterocycles. The summed E-state index contributed by atoms with van der Waals surface area (Å²) in [7, 11) is 0. The molecule has 2 aliphatic rings. The van der Waals surface area contributed by atoms with E-state index < -0.39 is 17.5 Å². The fourth-order valence-electron chi connectivity index (χ4n) is 3.25. The van der Waals surface area contributed by atoms with E-state index in [9.17, 15) is 14.4 Å². The summed E-state index contributed by atoms with van der Waals surface area (Å²) in [6.07, 6.45) is 2.50. The molecule has 118 valence electrons. The summed E-state index contributed by atoms with van der Waals surface area (Å²) in [6, 6.07) is -0.690. The molecule has 7 heteroatoms. The van der Waals surface area contributed by atoms with Gasteiger partial charge >= 0.3 is 0 Å². The van der Waals surface area contributed by atoms with Crippen LogP contribution in [0.3, 0.4) is 0 Å². The Labute approximate surface area is 130 Å². The summed E-state index contributed by atoms with van der Waals surface area (Å²) in [5, 5.41) is 0. The Morgan fingerprint density at radius 1 is 1.38 bits per heavy atom. The topological polar surface area (TPSA) is 83.7 Å². The van der Waals surface area contributed by atoms with Gasteiger partial charge in [-0.25, -0.2) is 0 Å². The number of hydrogen-bond acceptors (Lipinski definition) is 4. The lowest BCUT2D eigenvalue weighted by Crippen LogP contribution is -2.79. The molecule has 2 fully saturated rings. The van der Waals surface area contributed by atoms with Crippen LogP contribution in [0.2, 0.25) is 0 Å². The van der Waals surface area contributed by atoms with Crippen LogP contribution in [-0.4, -0.2) is 57.9 Å². The van der Waals surface area contributed by atoms with Crippen molar-refractivity contribution in [2.24, 2.45) is 11.7 Å². The minimum Gasteiger partial charge on any atom is -0.368 e. The van der Waals surface area contributed by atoms with Gasteiger partial charge in [-0.3, -0.25) is 14.4 Å². The van der Waals surface area contributed by atoms with Crippen molar-refractivity contribution in [1.29, 1.82) is 0 Å². The summed E-state index contributed by atoms with van der Waals surface area (Å²) in [4.78, 5) is 39.6. The van der Waals surface area contributed by atoms with Gasteiger partial charge in [0.2, 0.25) is 11.8 Å². The lowest BCUT2D eigenvalue weighted by Gasteiger charge is -2.58. The third-order valence-corrected chi connectivity index (χ3v) is 4.81. The third-order valence-electron chi connectivity index (χ3n) is 4.47. The first-order chi connectivity index (χ1) is 9.85. The van der Waals surface area contributed by atoms with E-state index in [4.69, 9.17) is 5.73 Å². The van der Waals surface area contributed by atoms with Crippen molar-refractivity contribution < 1.29 is 14.4 Å². The van der Waals surface area contributed by atoms with Crippen LogP contribution in [0.25, 0.3) is 0 Å². The second-order valence-corrected chi connectivity index (χ2v) is 6.53. The van der Waals surface area contributed by atoms with Crippen molar-refractivity contribution in [3.8, 4) is 0 Å². The number of thiol groups is 1. The molecule has 6 nitrogen and oxygen atoms in total. The van der Waals surface area contributed by atoms with Crippen LogP contribution in [0, 0.1) is 5.92 Å². The molecule has 2 saturated heterocycles. The van der Waals surface area contributed by atoms with Crippen LogP contribution in [0.4, 0.5) is 0 Å². The zero-order chi connectivity index (χ0) is 15.8. The standard InChI is InChI=1S/C14H23N3O3S/c1-9(2)12(19)17-6-4-3-5-14(17)8-16(13(14)20)10(7-21)11(15)18/h9-10,21H,3-8H2,1-2H3,(H2,15,18)/t10-,14?/m0/s1. The molecule has 2 rings (SSSR count). The monoisotopic (exact) mass is 313 g/mol. The second kappa shape index (κ2) is 5.87. The van der Waals surface area contributed by atoms with Gasteiger partial charge in [-0.1, -0.05) is 13.8 Å². The van der Waals surface area contributed by atoms with Gasteiger partial charge < -0.3 is 15.5 Å². The maximum absolute atomic E-state index is 12.7. The SMILES string of the molecule is CC(C)C(=O)N1CCCCC12CN([C@@H](CS)C(N)=O)C2=O. The molecule has 0 aromatic rings. The van der Waals surface area contributed by atoms with E-state index in [1.807, 2.05) is 13.8 Å². The summed E-state index contributed by atoms with van der Waals surface area (Å²) >= 11 is 4.10. The maximum Gasteiger partial charge on any atom is 0.251 e. The number of piperidine rings is 1. The number of nitrogens with zero attached hydrogens (tertiary/aromatic N) is 2. The minimum atomic E-state index is -0.754. The van der Waals surface area contributed by atoms with E-state index in [-0.39, 0.29) is 23.5 Å². The van der Waals surface area contributed by atoms with Crippen LogP contribution < -0.4 is 5.73 Å². The number of β-lactam (4-membered cyclic amide) rings is 1. The molecule has 2 atom stereocenters. The number of carbonyl (C=O) groups excluding carboxylic acids is 3. The number of hydrogen-bond donors (Lipinski definition) is 2. The molecule has 0 aromatic carbocycles. The first-order valence-corrected chi connectivity index (χ1v) is 8.01. The van der Waals surface area contributed by atoms with Crippen LogP contribution in [0.5, 0.6) is 0 Å². The first-order valence-electron chi connectivity index (χ1n) is 7.38. The Morgan fingerprint density at radius 2 is 2.05 bits per heavy atom. The van der Waals surface area contributed by atoms with E-state index in [1.165, 1.54) is 4.90 Å². The van der Waals surface area contributed by atoms with Crippen LogP contribution in [0.15, 0.2) is 0 Å². The average molecular weight is 313 g/mol. The maximum atomic E-state index is 12.7. The minimum absolute atomic E-state index is 0.00389. The predicted molar refractivity (Wildman–Crippen MR) is 81.7 cm³/mol. The van der Waals surface area contributed by atoms with Gasteiger partial charge in [-0.05, 0) is 19.3 Å². The largest absolute Gasteiger partial charge is 0.368 e. The van der Waals surface area contributed by atoms with Crippen LogP contribution in [-0.2, 0) is 14.4 Å². The Bertz CT molecular complexity index is 468. The summed E-state index contributed by atoms with van der Waals surface area (Å²) in [5.41, 5.74) is 4.56. The molecular weight excluding hydrogens is 290 g/mol. The Kier molecular flexibility index (Phi) is 4.51. The van der Waals surface area contributed by atoms with Gasteiger partial charge in [0.25, 0.3) is 5.91 Å². The first kappa shape index (κ1) is 16.1. The van der Waals surface area contributed by atoms with Crippen molar-refractivity contribution in [2.75, 3.05) is 18.8 Å². The van der Waals surface area contributed by atoms with Gasteiger partial charge in [0.1, 0.15) is 11.6 Å². The van der Waals surface area contributed by atoms with Crippen molar-refractivity contribution in [2.45, 2.75) is 44.7 Å². The number of nitrogens with two attached hydrogens (primary N) is 1. The molecule has 1 unspecified atom stereocenters. The normalized spacial score (nSPS) is 27.0. The highest BCUT2D eigenvalue weighted by Crippen LogP contribution is 2.39. The van der Waals surface area contributed by atoms with Crippen molar-refractivity contribution in [1.82, 2.24) is 9.80 Å². The van der Waals surface area contributed by atoms with E-state index in [1.54, 1.807) is 4.90 Å². The highest BCUT2D eigenvalue weighted by Gasteiger charge is 2.60. The zero-order valence-electron chi connectivity index (χ0n) is 12.5. The van der Waals surface area contributed by atoms with Crippen molar-refractivity contribution >= 4 is 30.4 Å². The van der Waals surface area contributed by atoms with E-state index >= 15 is 0 Å². The molecule has 0 aliphatic carbocycles. The summed E-state index contributed by atoms with van der Waals surface area (Å²) < 4.78 is 0. The zero-order valence-corrected chi connectivity index (χ0v) is 13.4. The molecule has 0 bridgehead atoms. The van der Waals surface area contributed by atoms with Gasteiger partial charge in [-0.2, -0.15) is 12.6 Å². The molecule has 0 saturated carbocycles. The van der Waals surface area contributed by atoms with Crippen LogP contribution >= 0.6 is 12.6 Å². The average Bonchev–Trinajstić information content (AvgIpc) is 2.46. The lowest BCUT2D eigenvalue weighted by molar-refractivity contribution is -0.180. The van der Waals surface area contributed by atoms with Gasteiger partial charge in [0, 0.05) is 18.2 Å². The quantitative estimate of drug-likeness (QED) is 0.567. The Balaban J connectivity index is 2.20. The molecule has 1 spiro atoms. The molecule has 3 amide bonds. The number of carbonyl (C=O) groups is 3. The lowest BCUT2D eigenvalue weighted by atomic mass is 9.77. The predicted octanol–water partition coefficient (Wildman–Crippen LogP) is 0.0196. The van der Waals surface area contributed by atoms with Crippen LogP contribution in [0.1, 0.15) is 33.1 Å². The number of rotatable bonds is 4. The highest BCUT2D eigenvalue weighted by atomic mass is 32.1. The summed E-state index contributed by atoms with van der Waals surface area (Å²) in [5.74, 6) is -0.641. The van der Waals surface area contributed by atoms with Gasteiger partial charge in [-0.15, -0.1) is 0 Å². The molecule has 21 heavy (non-hydrogen) atoms. The van der Waals surface area contributed by atoms with Gasteiger partial charge in [0.05, 0.1) is 6.54 Å². The molecule has 2 aliphatic heterocycles. The molecule has 2 heterocycles. The van der Waals surface area contributed by atoms with E-state index in [0.29, 0.717) is 19.5 Å². The van der Waals surface area contributed by atoms with Crippen molar-refractivity contribution in [3.63, 3.8) is 0 Å². The third kappa shape index (κ3) is 2.52. The number of primary amides is 1. The second-order valence-electron chi connectivity index (χ2n) is 6.17. The molecule has 2 N–H and O–H groups in total. The Hall–Kier alpha value is -1.24. The fourth-order valence-corrected chi connectivity index (χ4v) is 3.62. The highest BCUT2D eigenvalue weighted by molar-refractivity contribution is 7.80. The Morgan fingerprint density at radius 3 is 2.52 bits per heavy atom. The summed E-state index contributed by atoms with van der Waals surface area (Å²) in [6.45, 7) is 4.67. The van der Waals surface area contributed by atoms with Crippen molar-refractivity contribution in [3.05, 3.63) is 0 Å². The number of likely N-dealkylation sites (tertiary alicyclic amines) is 2. The molecule has 0 radical (unpaired) electrons. The smallest absolute Gasteiger partial charge is 0.251 e. The van der Waals surface area contributed by atoms with E-state index in [0.717, 1.165) is 12.8 Å². The van der Waals surface area contributed by atoms with Gasteiger partial charge in [0.15, 0.2) is 0 Å². The van der Waals surface area contributed by atoms with E-state index in [2.05, 4.69) is 12.6 Å². The fraction of sp³-hybridized carbons (Fsp3) is 0.786. The molecular formula is C14H23N3O3S. The number of amides is 3.